The van der Waals surface area contributed by atoms with E-state index in [2.05, 4.69) is 4.98 Å². The number of hydrogen-bond donors (Lipinski definition) is 0. The zero-order valence-corrected chi connectivity index (χ0v) is 15.1. The van der Waals surface area contributed by atoms with Crippen molar-refractivity contribution in [2.75, 3.05) is 6.61 Å². The van der Waals surface area contributed by atoms with E-state index < -0.39 is 5.97 Å². The van der Waals surface area contributed by atoms with E-state index in [0.717, 1.165) is 16.3 Å². The predicted molar refractivity (Wildman–Crippen MR) is 99.0 cm³/mol. The lowest BCUT2D eigenvalue weighted by Crippen LogP contribution is -2.14. The van der Waals surface area contributed by atoms with Gasteiger partial charge in [0.25, 0.3) is 0 Å². The third-order valence-corrected chi connectivity index (χ3v) is 4.59. The molecule has 0 amide bonds. The van der Waals surface area contributed by atoms with Crippen molar-refractivity contribution in [1.29, 1.82) is 0 Å². The summed E-state index contributed by atoms with van der Waals surface area (Å²) in [4.78, 5) is 16.3. The standard InChI is InChI=1S/C19H16ClNO3S/c1-13-2-4-14(5-3-13)19-21-16(12-25-19)10-24-18(22)11-23-17-8-6-15(20)7-9-17/h2-9,12H,10-11H2,1H3. The van der Waals surface area contributed by atoms with Gasteiger partial charge in [-0.1, -0.05) is 41.4 Å². The molecule has 2 aromatic carbocycles. The van der Waals surface area contributed by atoms with Crippen LogP contribution in [0.25, 0.3) is 10.6 Å². The fraction of sp³-hybridized carbons (Fsp3) is 0.158. The van der Waals surface area contributed by atoms with Crippen LogP contribution in [-0.4, -0.2) is 17.6 Å². The van der Waals surface area contributed by atoms with Crippen LogP contribution in [0.1, 0.15) is 11.3 Å². The Morgan fingerprint density at radius 2 is 1.84 bits per heavy atom. The fourth-order valence-corrected chi connectivity index (χ4v) is 3.01. The second kappa shape index (κ2) is 8.14. The highest BCUT2D eigenvalue weighted by Gasteiger charge is 2.09. The van der Waals surface area contributed by atoms with Crippen molar-refractivity contribution >= 4 is 28.9 Å². The Kier molecular flexibility index (Phi) is 5.68. The SMILES string of the molecule is Cc1ccc(-c2nc(COC(=O)COc3ccc(Cl)cc3)cs2)cc1. The molecule has 1 heterocycles. The van der Waals surface area contributed by atoms with Gasteiger partial charge in [-0.2, -0.15) is 0 Å². The molecule has 0 aliphatic rings. The Hall–Kier alpha value is -2.37. The average molecular weight is 374 g/mol. The summed E-state index contributed by atoms with van der Waals surface area (Å²) in [6, 6.07) is 14.9. The minimum absolute atomic E-state index is 0.130. The minimum Gasteiger partial charge on any atom is -0.482 e. The second-order valence-electron chi connectivity index (χ2n) is 5.41. The zero-order chi connectivity index (χ0) is 17.6. The summed E-state index contributed by atoms with van der Waals surface area (Å²) in [6.45, 7) is 2.02. The molecule has 0 bridgehead atoms. The summed E-state index contributed by atoms with van der Waals surface area (Å²) in [5.74, 6) is 0.122. The van der Waals surface area contributed by atoms with Crippen LogP contribution in [0.2, 0.25) is 5.02 Å². The van der Waals surface area contributed by atoms with Crippen LogP contribution in [0, 0.1) is 6.92 Å². The predicted octanol–water partition coefficient (Wildman–Crippen LogP) is 4.89. The van der Waals surface area contributed by atoms with Crippen LogP contribution in [0.5, 0.6) is 5.75 Å². The number of rotatable bonds is 6. The van der Waals surface area contributed by atoms with Crippen LogP contribution in [0.4, 0.5) is 0 Å². The van der Waals surface area contributed by atoms with E-state index in [1.54, 1.807) is 24.3 Å². The van der Waals surface area contributed by atoms with Crippen molar-refractivity contribution < 1.29 is 14.3 Å². The van der Waals surface area contributed by atoms with Crippen LogP contribution < -0.4 is 4.74 Å². The number of aryl methyl sites for hydroxylation is 1. The highest BCUT2D eigenvalue weighted by molar-refractivity contribution is 7.13. The van der Waals surface area contributed by atoms with Crippen molar-refractivity contribution in [2.24, 2.45) is 0 Å². The molecule has 3 rings (SSSR count). The molecule has 0 atom stereocenters. The summed E-state index contributed by atoms with van der Waals surface area (Å²) in [6.07, 6.45) is 0. The summed E-state index contributed by atoms with van der Waals surface area (Å²) in [7, 11) is 0. The lowest BCUT2D eigenvalue weighted by atomic mass is 10.2. The van der Waals surface area contributed by atoms with Gasteiger partial charge < -0.3 is 9.47 Å². The number of nitrogens with zero attached hydrogens (tertiary/aromatic N) is 1. The van der Waals surface area contributed by atoms with Crippen molar-refractivity contribution in [3.63, 3.8) is 0 Å². The molecule has 1 aromatic heterocycles. The Balaban J connectivity index is 1.49. The van der Waals surface area contributed by atoms with Crippen molar-refractivity contribution in [1.82, 2.24) is 4.98 Å². The van der Waals surface area contributed by atoms with Gasteiger partial charge in [-0.05, 0) is 31.2 Å². The van der Waals surface area contributed by atoms with Gasteiger partial charge >= 0.3 is 5.97 Å². The van der Waals surface area contributed by atoms with E-state index in [4.69, 9.17) is 21.1 Å². The fourth-order valence-electron chi connectivity index (χ4n) is 2.07. The molecule has 0 radical (unpaired) electrons. The molecule has 0 saturated heterocycles. The van der Waals surface area contributed by atoms with Gasteiger partial charge in [0.15, 0.2) is 6.61 Å². The Morgan fingerprint density at radius 1 is 1.12 bits per heavy atom. The molecule has 25 heavy (non-hydrogen) atoms. The van der Waals surface area contributed by atoms with E-state index >= 15 is 0 Å². The lowest BCUT2D eigenvalue weighted by Gasteiger charge is -2.06. The van der Waals surface area contributed by atoms with Gasteiger partial charge in [-0.15, -0.1) is 11.3 Å². The number of carbonyl (C=O) groups excluding carboxylic acids is 1. The number of esters is 1. The molecular weight excluding hydrogens is 358 g/mol. The van der Waals surface area contributed by atoms with Gasteiger partial charge in [0.1, 0.15) is 17.4 Å². The maximum Gasteiger partial charge on any atom is 0.344 e. The topological polar surface area (TPSA) is 48.4 Å². The number of carbonyl (C=O) groups is 1. The van der Waals surface area contributed by atoms with E-state index in [1.807, 2.05) is 36.6 Å². The number of benzene rings is 2. The van der Waals surface area contributed by atoms with Crippen LogP contribution in [0.15, 0.2) is 53.9 Å². The van der Waals surface area contributed by atoms with Crippen molar-refractivity contribution in [3.8, 4) is 16.3 Å². The van der Waals surface area contributed by atoms with Crippen LogP contribution in [0.3, 0.4) is 0 Å². The quantitative estimate of drug-likeness (QED) is 0.577. The first-order valence-corrected chi connectivity index (χ1v) is 8.91. The highest BCUT2D eigenvalue weighted by atomic mass is 35.5. The highest BCUT2D eigenvalue weighted by Crippen LogP contribution is 2.24. The minimum atomic E-state index is -0.445. The number of ether oxygens (including phenoxy) is 2. The van der Waals surface area contributed by atoms with Gasteiger partial charge in [0.2, 0.25) is 0 Å². The molecule has 0 aliphatic heterocycles. The van der Waals surface area contributed by atoms with E-state index in [1.165, 1.54) is 16.9 Å². The molecule has 6 heteroatoms. The molecule has 128 valence electrons. The smallest absolute Gasteiger partial charge is 0.344 e. The summed E-state index contributed by atoms with van der Waals surface area (Å²) < 4.78 is 10.5. The summed E-state index contributed by atoms with van der Waals surface area (Å²) >= 11 is 7.32. The summed E-state index contributed by atoms with van der Waals surface area (Å²) in [5.41, 5.74) is 2.98. The first kappa shape index (κ1) is 17.5. The third kappa shape index (κ3) is 5.05. The Labute approximate surface area is 155 Å². The Bertz CT molecular complexity index is 844. The molecule has 0 spiro atoms. The van der Waals surface area contributed by atoms with Gasteiger partial charge in [-0.25, -0.2) is 9.78 Å². The Morgan fingerprint density at radius 3 is 2.56 bits per heavy atom. The normalized spacial score (nSPS) is 10.5. The molecule has 0 aliphatic carbocycles. The number of hydrogen-bond acceptors (Lipinski definition) is 5. The number of aromatic nitrogens is 1. The molecule has 0 N–H and O–H groups in total. The number of thiazole rings is 1. The van der Waals surface area contributed by atoms with Gasteiger partial charge in [0, 0.05) is 16.0 Å². The molecule has 3 aromatic rings. The van der Waals surface area contributed by atoms with Crippen LogP contribution in [-0.2, 0) is 16.1 Å². The largest absolute Gasteiger partial charge is 0.482 e. The average Bonchev–Trinajstić information content (AvgIpc) is 3.09. The molecule has 4 nitrogen and oxygen atoms in total. The van der Waals surface area contributed by atoms with Crippen molar-refractivity contribution in [2.45, 2.75) is 13.5 Å². The van der Waals surface area contributed by atoms with Crippen molar-refractivity contribution in [3.05, 3.63) is 70.2 Å². The molecule has 0 fully saturated rings. The second-order valence-corrected chi connectivity index (χ2v) is 6.71. The van der Waals surface area contributed by atoms with Gasteiger partial charge in [0.05, 0.1) is 5.69 Å². The van der Waals surface area contributed by atoms with E-state index in [0.29, 0.717) is 10.8 Å². The first-order chi connectivity index (χ1) is 12.1. The van der Waals surface area contributed by atoms with Crippen LogP contribution >= 0.6 is 22.9 Å². The maximum absolute atomic E-state index is 11.8. The molecule has 0 unspecified atom stereocenters. The van der Waals surface area contributed by atoms with E-state index in [-0.39, 0.29) is 13.2 Å². The third-order valence-electron chi connectivity index (χ3n) is 3.40. The molecule has 0 saturated carbocycles. The van der Waals surface area contributed by atoms with E-state index in [9.17, 15) is 4.79 Å². The lowest BCUT2D eigenvalue weighted by molar-refractivity contribution is -0.147. The zero-order valence-electron chi connectivity index (χ0n) is 13.6. The van der Waals surface area contributed by atoms with Gasteiger partial charge in [-0.3, -0.25) is 0 Å². The number of halogens is 1. The monoisotopic (exact) mass is 373 g/mol. The summed E-state index contributed by atoms with van der Waals surface area (Å²) in [5, 5.41) is 3.41. The first-order valence-electron chi connectivity index (χ1n) is 7.65. The maximum atomic E-state index is 11.8. The molecular formula is C19H16ClNO3S.